The molecule has 0 aliphatic carbocycles. The molecule has 0 saturated heterocycles. The minimum Gasteiger partial charge on any atom is -0.207 e. The fraction of sp³-hybridized carbons (Fsp3) is 0.300. The van der Waals surface area contributed by atoms with Gasteiger partial charge in [-0.2, -0.15) is 18.4 Å². The lowest BCUT2D eigenvalue weighted by molar-refractivity contribution is -0.136. The van der Waals surface area contributed by atoms with Gasteiger partial charge < -0.3 is 0 Å². The summed E-state index contributed by atoms with van der Waals surface area (Å²) in [5.74, 6) is -1.81. The Bertz CT molecular complexity index is 360. The summed E-state index contributed by atoms with van der Waals surface area (Å²) in [6.07, 6.45) is -5.61. The number of hydrogen-bond donors (Lipinski definition) is 0. The maximum atomic E-state index is 12.5. The standard InChI is InChI=1S/C10H7F4N/c11-9-3-1-7(2-4-9)8(6-15)5-10(12,13)14/h1-4,8H,5H2. The van der Waals surface area contributed by atoms with E-state index < -0.39 is 24.3 Å². The van der Waals surface area contributed by atoms with Crippen LogP contribution in [0.3, 0.4) is 0 Å². The van der Waals surface area contributed by atoms with Crippen LogP contribution in [0.2, 0.25) is 0 Å². The lowest BCUT2D eigenvalue weighted by atomic mass is 9.97. The van der Waals surface area contributed by atoms with Crippen LogP contribution < -0.4 is 0 Å². The molecule has 1 aromatic carbocycles. The molecule has 0 fully saturated rings. The van der Waals surface area contributed by atoms with Gasteiger partial charge in [-0.1, -0.05) is 12.1 Å². The van der Waals surface area contributed by atoms with Crippen LogP contribution in [0.5, 0.6) is 0 Å². The lowest BCUT2D eigenvalue weighted by Gasteiger charge is -2.11. The molecule has 0 saturated carbocycles. The first kappa shape index (κ1) is 11.5. The molecule has 0 amide bonds. The highest BCUT2D eigenvalue weighted by atomic mass is 19.4. The first-order valence-electron chi connectivity index (χ1n) is 4.14. The number of rotatable bonds is 2. The van der Waals surface area contributed by atoms with Crippen molar-refractivity contribution in [3.05, 3.63) is 35.6 Å². The van der Waals surface area contributed by atoms with E-state index in [-0.39, 0.29) is 5.56 Å². The van der Waals surface area contributed by atoms with Gasteiger partial charge in [-0.25, -0.2) is 4.39 Å². The topological polar surface area (TPSA) is 23.8 Å². The Balaban J connectivity index is 2.85. The molecule has 0 aliphatic heterocycles. The summed E-state index contributed by atoms with van der Waals surface area (Å²) in [5.41, 5.74) is 0.177. The number of nitriles is 1. The van der Waals surface area contributed by atoms with Gasteiger partial charge in [-0.15, -0.1) is 0 Å². The van der Waals surface area contributed by atoms with Gasteiger partial charge in [0, 0.05) is 0 Å². The van der Waals surface area contributed by atoms with Gasteiger partial charge in [0.1, 0.15) is 5.82 Å². The first-order valence-corrected chi connectivity index (χ1v) is 4.14. The monoisotopic (exact) mass is 217 g/mol. The molecule has 0 N–H and O–H groups in total. The van der Waals surface area contributed by atoms with Gasteiger partial charge in [0.15, 0.2) is 0 Å². The molecule has 1 nitrogen and oxygen atoms in total. The third-order valence-corrected chi connectivity index (χ3v) is 1.86. The van der Waals surface area contributed by atoms with Crippen LogP contribution in [0.15, 0.2) is 24.3 Å². The molecule has 0 bridgehead atoms. The molecule has 0 radical (unpaired) electrons. The van der Waals surface area contributed by atoms with Crippen LogP contribution in [-0.2, 0) is 0 Å². The summed E-state index contributed by atoms with van der Waals surface area (Å²) < 4.78 is 48.6. The quantitative estimate of drug-likeness (QED) is 0.696. The minimum atomic E-state index is -4.39. The van der Waals surface area contributed by atoms with Crippen molar-refractivity contribution in [2.24, 2.45) is 0 Å². The number of hydrogen-bond acceptors (Lipinski definition) is 1. The van der Waals surface area contributed by atoms with E-state index in [4.69, 9.17) is 5.26 Å². The molecule has 0 aliphatic rings. The summed E-state index contributed by atoms with van der Waals surface area (Å²) in [5, 5.41) is 8.57. The Morgan fingerprint density at radius 1 is 1.20 bits per heavy atom. The van der Waals surface area contributed by atoms with E-state index in [0.29, 0.717) is 0 Å². The maximum absolute atomic E-state index is 12.5. The Labute approximate surface area is 83.9 Å². The highest BCUT2D eigenvalue weighted by molar-refractivity contribution is 5.25. The summed E-state index contributed by atoms with van der Waals surface area (Å²) in [7, 11) is 0. The number of benzene rings is 1. The molecule has 80 valence electrons. The fourth-order valence-electron chi connectivity index (χ4n) is 1.16. The third kappa shape index (κ3) is 3.58. The highest BCUT2D eigenvalue weighted by Crippen LogP contribution is 2.30. The van der Waals surface area contributed by atoms with Crippen LogP contribution in [0.4, 0.5) is 17.6 Å². The predicted octanol–water partition coefficient (Wildman–Crippen LogP) is 3.39. The fourth-order valence-corrected chi connectivity index (χ4v) is 1.16. The zero-order valence-corrected chi connectivity index (χ0v) is 7.55. The number of halogens is 4. The number of alkyl halides is 3. The Morgan fingerprint density at radius 3 is 2.13 bits per heavy atom. The zero-order valence-electron chi connectivity index (χ0n) is 7.55. The van der Waals surface area contributed by atoms with Crippen LogP contribution in [0.25, 0.3) is 0 Å². The van der Waals surface area contributed by atoms with Crippen molar-refractivity contribution in [2.45, 2.75) is 18.5 Å². The Kier molecular flexibility index (Phi) is 3.30. The van der Waals surface area contributed by atoms with Crippen molar-refractivity contribution in [3.63, 3.8) is 0 Å². The van der Waals surface area contributed by atoms with E-state index in [1.807, 2.05) is 0 Å². The molecule has 1 rings (SSSR count). The molecule has 0 aromatic heterocycles. The molecule has 0 heterocycles. The van der Waals surface area contributed by atoms with E-state index in [1.165, 1.54) is 12.1 Å². The highest BCUT2D eigenvalue weighted by Gasteiger charge is 2.32. The van der Waals surface area contributed by atoms with Gasteiger partial charge in [0.2, 0.25) is 0 Å². The molecule has 1 aromatic rings. The van der Waals surface area contributed by atoms with Crippen molar-refractivity contribution < 1.29 is 17.6 Å². The van der Waals surface area contributed by atoms with Crippen molar-refractivity contribution in [3.8, 4) is 6.07 Å². The molecular weight excluding hydrogens is 210 g/mol. The summed E-state index contributed by atoms with van der Waals surface area (Å²) in [6.45, 7) is 0. The van der Waals surface area contributed by atoms with Gasteiger partial charge >= 0.3 is 6.18 Å². The van der Waals surface area contributed by atoms with Crippen molar-refractivity contribution >= 4 is 0 Å². The van der Waals surface area contributed by atoms with Crippen molar-refractivity contribution in [1.82, 2.24) is 0 Å². The average Bonchev–Trinajstić information content (AvgIpc) is 2.14. The van der Waals surface area contributed by atoms with Crippen LogP contribution in [0, 0.1) is 17.1 Å². The summed E-state index contributed by atoms with van der Waals surface area (Å²) in [6, 6.07) is 6.01. The first-order chi connectivity index (χ1) is 6.92. The summed E-state index contributed by atoms with van der Waals surface area (Å²) in [4.78, 5) is 0. The Hall–Kier alpha value is -1.57. The van der Waals surface area contributed by atoms with E-state index >= 15 is 0 Å². The largest absolute Gasteiger partial charge is 0.390 e. The average molecular weight is 217 g/mol. The van der Waals surface area contributed by atoms with E-state index in [2.05, 4.69) is 0 Å². The second-order valence-electron chi connectivity index (χ2n) is 3.05. The molecule has 0 spiro atoms. The van der Waals surface area contributed by atoms with Gasteiger partial charge in [-0.3, -0.25) is 0 Å². The van der Waals surface area contributed by atoms with Crippen LogP contribution in [-0.4, -0.2) is 6.18 Å². The van der Waals surface area contributed by atoms with Crippen LogP contribution in [0.1, 0.15) is 17.9 Å². The van der Waals surface area contributed by atoms with E-state index in [0.717, 1.165) is 12.1 Å². The van der Waals surface area contributed by atoms with Crippen molar-refractivity contribution in [2.75, 3.05) is 0 Å². The smallest absolute Gasteiger partial charge is 0.207 e. The third-order valence-electron chi connectivity index (χ3n) is 1.86. The van der Waals surface area contributed by atoms with E-state index in [1.54, 1.807) is 6.07 Å². The number of nitrogens with zero attached hydrogens (tertiary/aromatic N) is 1. The van der Waals surface area contributed by atoms with Gasteiger partial charge in [0.05, 0.1) is 18.4 Å². The zero-order chi connectivity index (χ0) is 11.5. The molecule has 1 atom stereocenters. The Morgan fingerprint density at radius 2 is 1.73 bits per heavy atom. The normalized spacial score (nSPS) is 13.3. The van der Waals surface area contributed by atoms with E-state index in [9.17, 15) is 17.6 Å². The summed E-state index contributed by atoms with van der Waals surface area (Å²) >= 11 is 0. The second kappa shape index (κ2) is 4.30. The van der Waals surface area contributed by atoms with Crippen molar-refractivity contribution in [1.29, 1.82) is 5.26 Å². The van der Waals surface area contributed by atoms with Crippen LogP contribution >= 0.6 is 0 Å². The molecule has 5 heteroatoms. The maximum Gasteiger partial charge on any atom is 0.390 e. The molecule has 1 unspecified atom stereocenters. The van der Waals surface area contributed by atoms with Gasteiger partial charge in [0.25, 0.3) is 0 Å². The minimum absolute atomic E-state index is 0.177. The molecule has 15 heavy (non-hydrogen) atoms. The predicted molar refractivity (Wildman–Crippen MR) is 45.4 cm³/mol. The molecular formula is C10H7F4N. The van der Waals surface area contributed by atoms with Gasteiger partial charge in [-0.05, 0) is 17.7 Å². The second-order valence-corrected chi connectivity index (χ2v) is 3.05. The lowest BCUT2D eigenvalue weighted by Crippen LogP contribution is -2.12. The SMILES string of the molecule is N#CC(CC(F)(F)F)c1ccc(F)cc1.